The van der Waals surface area contributed by atoms with Crippen LogP contribution < -0.4 is 15.4 Å². The molecule has 134 valence electrons. The number of benzene rings is 1. The van der Waals surface area contributed by atoms with Gasteiger partial charge in [0.2, 0.25) is 15.9 Å². The lowest BCUT2D eigenvalue weighted by atomic mass is 9.96. The Hall–Kier alpha value is -1.51. The van der Waals surface area contributed by atoms with Gasteiger partial charge >= 0.3 is 0 Å². The number of halogens is 1. The minimum atomic E-state index is -3.72. The highest BCUT2D eigenvalue weighted by Gasteiger charge is 2.15. The molecule has 0 spiro atoms. The van der Waals surface area contributed by atoms with Gasteiger partial charge in [0.05, 0.1) is 4.90 Å². The monoisotopic (exact) mass is 357 g/mol. The Morgan fingerprint density at radius 1 is 1.25 bits per heavy atom. The van der Waals surface area contributed by atoms with Gasteiger partial charge in [0.15, 0.2) is 0 Å². The van der Waals surface area contributed by atoms with Crippen LogP contribution in [0.25, 0.3) is 0 Å². The predicted octanol–water partition coefficient (Wildman–Crippen LogP) is 1.000. The minimum absolute atomic E-state index is 0.0104. The second-order valence-corrected chi connectivity index (χ2v) is 7.72. The van der Waals surface area contributed by atoms with Crippen molar-refractivity contribution in [1.82, 2.24) is 15.4 Å². The zero-order chi connectivity index (χ0) is 17.4. The minimum Gasteiger partial charge on any atom is -0.356 e. The van der Waals surface area contributed by atoms with E-state index in [0.717, 1.165) is 31.6 Å². The third-order valence-corrected chi connectivity index (χ3v) is 5.52. The van der Waals surface area contributed by atoms with Crippen LogP contribution in [-0.2, 0) is 14.8 Å². The van der Waals surface area contributed by atoms with Crippen molar-refractivity contribution in [3.63, 3.8) is 0 Å². The number of sulfonamides is 1. The molecule has 1 saturated heterocycles. The number of hydrogen-bond donors (Lipinski definition) is 3. The van der Waals surface area contributed by atoms with E-state index in [1.165, 1.54) is 25.0 Å². The summed E-state index contributed by atoms with van der Waals surface area (Å²) >= 11 is 0. The van der Waals surface area contributed by atoms with E-state index in [0.29, 0.717) is 12.5 Å². The first-order valence-electron chi connectivity index (χ1n) is 8.20. The predicted molar refractivity (Wildman–Crippen MR) is 89.4 cm³/mol. The maximum absolute atomic E-state index is 12.8. The first kappa shape index (κ1) is 18.8. The molecule has 1 atom stereocenters. The summed E-state index contributed by atoms with van der Waals surface area (Å²) in [6.07, 6.45) is 3.35. The van der Waals surface area contributed by atoms with Crippen LogP contribution >= 0.6 is 0 Å². The summed E-state index contributed by atoms with van der Waals surface area (Å²) in [5.41, 5.74) is 0. The maximum atomic E-state index is 12.8. The highest BCUT2D eigenvalue weighted by molar-refractivity contribution is 7.89. The molecule has 8 heteroatoms. The van der Waals surface area contributed by atoms with Gasteiger partial charge in [-0.05, 0) is 62.5 Å². The van der Waals surface area contributed by atoms with Crippen molar-refractivity contribution in [3.05, 3.63) is 30.1 Å². The Bertz CT molecular complexity index is 628. The van der Waals surface area contributed by atoms with E-state index in [2.05, 4.69) is 15.4 Å². The fourth-order valence-electron chi connectivity index (χ4n) is 2.67. The van der Waals surface area contributed by atoms with E-state index in [1.807, 2.05) is 0 Å². The molecule has 1 unspecified atom stereocenters. The van der Waals surface area contributed by atoms with Crippen molar-refractivity contribution in [2.75, 3.05) is 26.2 Å². The lowest BCUT2D eigenvalue weighted by molar-refractivity contribution is -0.120. The van der Waals surface area contributed by atoms with Crippen molar-refractivity contribution >= 4 is 15.9 Å². The van der Waals surface area contributed by atoms with Crippen LogP contribution in [0.2, 0.25) is 0 Å². The Balaban J connectivity index is 1.65. The average molecular weight is 357 g/mol. The zero-order valence-electron chi connectivity index (χ0n) is 13.6. The van der Waals surface area contributed by atoms with Gasteiger partial charge in [-0.3, -0.25) is 4.79 Å². The van der Waals surface area contributed by atoms with Crippen LogP contribution in [0.4, 0.5) is 4.39 Å². The van der Waals surface area contributed by atoms with Gasteiger partial charge in [-0.15, -0.1) is 0 Å². The molecule has 0 aliphatic carbocycles. The number of carbonyl (C=O) groups excluding carboxylic acids is 1. The van der Waals surface area contributed by atoms with Gasteiger partial charge in [0.25, 0.3) is 0 Å². The average Bonchev–Trinajstić information content (AvgIpc) is 2.56. The summed E-state index contributed by atoms with van der Waals surface area (Å²) in [5, 5.41) is 6.14. The molecule has 1 amide bonds. The largest absolute Gasteiger partial charge is 0.356 e. The van der Waals surface area contributed by atoms with E-state index in [4.69, 9.17) is 0 Å². The molecule has 0 bridgehead atoms. The fourth-order valence-corrected chi connectivity index (χ4v) is 3.70. The molecule has 0 aromatic heterocycles. The summed E-state index contributed by atoms with van der Waals surface area (Å²) in [5.74, 6) is -0.0851. The standard InChI is InChI=1S/C16H24FN3O3S/c17-14-3-5-15(6-4-14)24(22,23)20-11-8-16(21)19-10-7-13-2-1-9-18-12-13/h3-6,13,18,20H,1-2,7-12H2,(H,19,21). The Labute approximate surface area is 142 Å². The highest BCUT2D eigenvalue weighted by Crippen LogP contribution is 2.13. The highest BCUT2D eigenvalue weighted by atomic mass is 32.2. The third kappa shape index (κ3) is 6.18. The molecule has 1 aromatic rings. The van der Waals surface area contributed by atoms with E-state index < -0.39 is 15.8 Å². The van der Waals surface area contributed by atoms with Gasteiger partial charge in [0, 0.05) is 19.5 Å². The molecule has 0 saturated carbocycles. The first-order chi connectivity index (χ1) is 11.5. The molecule has 24 heavy (non-hydrogen) atoms. The number of amides is 1. The maximum Gasteiger partial charge on any atom is 0.240 e. The summed E-state index contributed by atoms with van der Waals surface area (Å²) in [7, 11) is -3.72. The second-order valence-electron chi connectivity index (χ2n) is 5.95. The molecule has 1 aliphatic rings. The Morgan fingerprint density at radius 2 is 2.00 bits per heavy atom. The van der Waals surface area contributed by atoms with Crippen molar-refractivity contribution in [2.24, 2.45) is 5.92 Å². The lowest BCUT2D eigenvalue weighted by Gasteiger charge is -2.22. The van der Waals surface area contributed by atoms with E-state index in [1.54, 1.807) is 0 Å². The van der Waals surface area contributed by atoms with Crippen molar-refractivity contribution in [1.29, 1.82) is 0 Å². The van der Waals surface area contributed by atoms with Crippen molar-refractivity contribution < 1.29 is 17.6 Å². The van der Waals surface area contributed by atoms with Gasteiger partial charge in [0.1, 0.15) is 5.82 Å². The molecule has 1 aromatic carbocycles. The number of nitrogens with one attached hydrogen (secondary N) is 3. The molecule has 1 fully saturated rings. The first-order valence-corrected chi connectivity index (χ1v) is 9.68. The molecule has 6 nitrogen and oxygen atoms in total. The number of carbonyl (C=O) groups is 1. The molecule has 1 aliphatic heterocycles. The van der Waals surface area contributed by atoms with Crippen LogP contribution in [0.5, 0.6) is 0 Å². The Kier molecular flexibility index (Phi) is 7.14. The molecular formula is C16H24FN3O3S. The zero-order valence-corrected chi connectivity index (χ0v) is 14.4. The fraction of sp³-hybridized carbons (Fsp3) is 0.562. The normalized spacial score (nSPS) is 18.3. The van der Waals surface area contributed by atoms with Gasteiger partial charge in [-0.1, -0.05) is 0 Å². The lowest BCUT2D eigenvalue weighted by Crippen LogP contribution is -2.34. The summed E-state index contributed by atoms with van der Waals surface area (Å²) in [4.78, 5) is 11.7. The second kappa shape index (κ2) is 9.10. The summed E-state index contributed by atoms with van der Waals surface area (Å²) in [6.45, 7) is 2.68. The van der Waals surface area contributed by atoms with E-state index >= 15 is 0 Å². The Morgan fingerprint density at radius 3 is 2.67 bits per heavy atom. The van der Waals surface area contributed by atoms with Crippen LogP contribution in [0.3, 0.4) is 0 Å². The number of piperidine rings is 1. The SMILES string of the molecule is O=C(CCNS(=O)(=O)c1ccc(F)cc1)NCCC1CCCNC1. The van der Waals surface area contributed by atoms with Crippen molar-refractivity contribution in [3.8, 4) is 0 Å². The molecular weight excluding hydrogens is 333 g/mol. The number of hydrogen-bond acceptors (Lipinski definition) is 4. The molecule has 1 heterocycles. The topological polar surface area (TPSA) is 87.3 Å². The quantitative estimate of drug-likeness (QED) is 0.648. The smallest absolute Gasteiger partial charge is 0.240 e. The van der Waals surface area contributed by atoms with Gasteiger partial charge < -0.3 is 10.6 Å². The molecule has 2 rings (SSSR count). The number of rotatable bonds is 8. The van der Waals surface area contributed by atoms with Gasteiger partial charge in [-0.25, -0.2) is 17.5 Å². The van der Waals surface area contributed by atoms with Crippen LogP contribution in [-0.4, -0.2) is 40.5 Å². The van der Waals surface area contributed by atoms with Crippen LogP contribution in [0, 0.1) is 11.7 Å². The summed E-state index contributed by atoms with van der Waals surface area (Å²) in [6, 6.07) is 4.55. The van der Waals surface area contributed by atoms with E-state index in [9.17, 15) is 17.6 Å². The van der Waals surface area contributed by atoms with Crippen molar-refractivity contribution in [2.45, 2.75) is 30.6 Å². The summed E-state index contributed by atoms with van der Waals surface area (Å²) < 4.78 is 39.1. The molecule has 3 N–H and O–H groups in total. The third-order valence-electron chi connectivity index (χ3n) is 4.04. The van der Waals surface area contributed by atoms with Crippen LogP contribution in [0.15, 0.2) is 29.2 Å². The van der Waals surface area contributed by atoms with E-state index in [-0.39, 0.29) is 23.8 Å². The van der Waals surface area contributed by atoms with Crippen LogP contribution in [0.1, 0.15) is 25.7 Å². The molecule has 0 radical (unpaired) electrons. The van der Waals surface area contributed by atoms with Gasteiger partial charge in [-0.2, -0.15) is 0 Å².